The fourth-order valence-corrected chi connectivity index (χ4v) is 2.42. The number of benzene rings is 1. The van der Waals surface area contributed by atoms with Crippen molar-refractivity contribution >= 4 is 11.5 Å². The van der Waals surface area contributed by atoms with Crippen LogP contribution in [0.25, 0.3) is 0 Å². The number of hydrogen-bond acceptors (Lipinski definition) is 4. The van der Waals surface area contributed by atoms with Crippen LogP contribution in [0.1, 0.15) is 13.3 Å². The number of carbonyl (C=O) groups is 1. The van der Waals surface area contributed by atoms with E-state index < -0.39 is 0 Å². The van der Waals surface area contributed by atoms with E-state index in [1.165, 1.54) is 0 Å². The molecule has 0 radical (unpaired) electrons. The van der Waals surface area contributed by atoms with Crippen LogP contribution < -0.4 is 9.64 Å². The van der Waals surface area contributed by atoms with Crippen LogP contribution >= 0.6 is 0 Å². The van der Waals surface area contributed by atoms with E-state index in [0.29, 0.717) is 6.42 Å². The fraction of sp³-hybridized carbons (Fsp3) is 0.533. The molecule has 0 amide bonds. The maximum atomic E-state index is 11.0. The summed E-state index contributed by atoms with van der Waals surface area (Å²) in [7, 11) is 1.71. The standard InChI is InChI=1S/C15H22N2O2/c1-13(18)7-8-16-9-11-17(12-10-16)14-5-3-4-6-15(14)19-2/h3-6H,7-12H2,1-2H3. The second-order valence-corrected chi connectivity index (χ2v) is 4.95. The summed E-state index contributed by atoms with van der Waals surface area (Å²) in [5.41, 5.74) is 1.16. The summed E-state index contributed by atoms with van der Waals surface area (Å²) in [4.78, 5) is 15.7. The molecule has 4 nitrogen and oxygen atoms in total. The van der Waals surface area contributed by atoms with Crippen LogP contribution in [-0.4, -0.2) is 50.5 Å². The molecular formula is C15H22N2O2. The summed E-state index contributed by atoms with van der Waals surface area (Å²) in [5, 5.41) is 0. The summed E-state index contributed by atoms with van der Waals surface area (Å²) < 4.78 is 5.40. The molecule has 0 bridgehead atoms. The summed E-state index contributed by atoms with van der Waals surface area (Å²) in [6, 6.07) is 8.13. The number of piperazine rings is 1. The fourth-order valence-electron chi connectivity index (χ4n) is 2.42. The molecule has 0 aliphatic carbocycles. The van der Waals surface area contributed by atoms with E-state index in [9.17, 15) is 4.79 Å². The van der Waals surface area contributed by atoms with Crippen molar-refractivity contribution in [2.24, 2.45) is 0 Å². The number of hydrogen-bond donors (Lipinski definition) is 0. The van der Waals surface area contributed by atoms with E-state index in [0.717, 1.165) is 44.2 Å². The van der Waals surface area contributed by atoms with Crippen molar-refractivity contribution in [2.45, 2.75) is 13.3 Å². The Kier molecular flexibility index (Phi) is 4.80. The number of ketones is 1. The molecule has 104 valence electrons. The molecule has 0 atom stereocenters. The first-order valence-corrected chi connectivity index (χ1v) is 6.80. The first-order valence-electron chi connectivity index (χ1n) is 6.80. The van der Waals surface area contributed by atoms with Crippen LogP contribution in [0.2, 0.25) is 0 Å². The number of anilines is 1. The second-order valence-electron chi connectivity index (χ2n) is 4.95. The van der Waals surface area contributed by atoms with Crippen molar-refractivity contribution in [1.82, 2.24) is 4.90 Å². The highest BCUT2D eigenvalue weighted by atomic mass is 16.5. The van der Waals surface area contributed by atoms with Crippen LogP contribution in [0.15, 0.2) is 24.3 Å². The van der Waals surface area contributed by atoms with Gasteiger partial charge in [0.1, 0.15) is 11.5 Å². The van der Waals surface area contributed by atoms with E-state index >= 15 is 0 Å². The van der Waals surface area contributed by atoms with Crippen LogP contribution in [0.4, 0.5) is 5.69 Å². The highest BCUT2D eigenvalue weighted by molar-refractivity contribution is 5.75. The number of carbonyl (C=O) groups excluding carboxylic acids is 1. The van der Waals surface area contributed by atoms with Gasteiger partial charge in [0, 0.05) is 39.1 Å². The van der Waals surface area contributed by atoms with E-state index in [4.69, 9.17) is 4.74 Å². The summed E-state index contributed by atoms with van der Waals surface area (Å²) in [5.74, 6) is 1.20. The molecule has 0 N–H and O–H groups in total. The van der Waals surface area contributed by atoms with E-state index in [-0.39, 0.29) is 5.78 Å². The molecule has 1 fully saturated rings. The molecule has 0 spiro atoms. The van der Waals surface area contributed by atoms with Gasteiger partial charge in [-0.05, 0) is 19.1 Å². The highest BCUT2D eigenvalue weighted by Gasteiger charge is 2.19. The number of nitrogens with zero attached hydrogens (tertiary/aromatic N) is 2. The third kappa shape index (κ3) is 3.70. The average molecular weight is 262 g/mol. The molecule has 0 saturated carbocycles. The Hall–Kier alpha value is -1.55. The maximum Gasteiger partial charge on any atom is 0.142 e. The Morgan fingerprint density at radius 3 is 2.53 bits per heavy atom. The first kappa shape index (κ1) is 13.9. The molecule has 0 unspecified atom stereocenters. The van der Waals surface area contributed by atoms with Crippen molar-refractivity contribution in [2.75, 3.05) is 44.7 Å². The van der Waals surface area contributed by atoms with E-state index in [1.807, 2.05) is 18.2 Å². The Morgan fingerprint density at radius 2 is 1.89 bits per heavy atom. The molecule has 1 heterocycles. The molecule has 0 aromatic heterocycles. The Morgan fingerprint density at radius 1 is 1.21 bits per heavy atom. The molecule has 1 aliphatic heterocycles. The molecule has 19 heavy (non-hydrogen) atoms. The molecule has 2 rings (SSSR count). The highest BCUT2D eigenvalue weighted by Crippen LogP contribution is 2.28. The zero-order chi connectivity index (χ0) is 13.7. The number of para-hydroxylation sites is 2. The normalized spacial score (nSPS) is 16.4. The number of methoxy groups -OCH3 is 1. The quantitative estimate of drug-likeness (QED) is 0.810. The number of ether oxygens (including phenoxy) is 1. The van der Waals surface area contributed by atoms with Gasteiger partial charge in [-0.15, -0.1) is 0 Å². The average Bonchev–Trinajstić information content (AvgIpc) is 2.45. The number of rotatable bonds is 5. The van der Waals surface area contributed by atoms with Crippen molar-refractivity contribution in [3.63, 3.8) is 0 Å². The van der Waals surface area contributed by atoms with Crippen molar-refractivity contribution in [1.29, 1.82) is 0 Å². The van der Waals surface area contributed by atoms with Crippen LogP contribution in [0.5, 0.6) is 5.75 Å². The van der Waals surface area contributed by atoms with Crippen molar-refractivity contribution in [3.05, 3.63) is 24.3 Å². The van der Waals surface area contributed by atoms with Gasteiger partial charge in [-0.25, -0.2) is 0 Å². The zero-order valence-electron chi connectivity index (χ0n) is 11.8. The maximum absolute atomic E-state index is 11.0. The Balaban J connectivity index is 1.90. The minimum Gasteiger partial charge on any atom is -0.495 e. The predicted molar refractivity (Wildman–Crippen MR) is 76.9 cm³/mol. The monoisotopic (exact) mass is 262 g/mol. The minimum absolute atomic E-state index is 0.271. The lowest BCUT2D eigenvalue weighted by atomic mass is 10.2. The predicted octanol–water partition coefficient (Wildman–Crippen LogP) is 1.80. The smallest absolute Gasteiger partial charge is 0.142 e. The Labute approximate surface area is 115 Å². The molecule has 1 aromatic rings. The Bertz CT molecular complexity index is 426. The lowest BCUT2D eigenvalue weighted by Gasteiger charge is -2.36. The van der Waals surface area contributed by atoms with Crippen molar-refractivity contribution < 1.29 is 9.53 Å². The lowest BCUT2D eigenvalue weighted by Crippen LogP contribution is -2.47. The molecule has 4 heteroatoms. The van der Waals surface area contributed by atoms with Gasteiger partial charge in [0.2, 0.25) is 0 Å². The van der Waals surface area contributed by atoms with Gasteiger partial charge in [-0.2, -0.15) is 0 Å². The third-order valence-corrected chi connectivity index (χ3v) is 3.58. The number of Topliss-reactive ketones (excluding diaryl/α,β-unsaturated/α-hetero) is 1. The van der Waals surface area contributed by atoms with E-state index in [2.05, 4.69) is 15.9 Å². The van der Waals surface area contributed by atoms with Gasteiger partial charge in [-0.3, -0.25) is 9.69 Å². The first-order chi connectivity index (χ1) is 9.20. The van der Waals surface area contributed by atoms with E-state index in [1.54, 1.807) is 14.0 Å². The largest absolute Gasteiger partial charge is 0.495 e. The summed E-state index contributed by atoms with van der Waals surface area (Å²) in [6.07, 6.45) is 0.661. The lowest BCUT2D eigenvalue weighted by molar-refractivity contribution is -0.117. The molecule has 1 aromatic carbocycles. The van der Waals surface area contributed by atoms with Crippen molar-refractivity contribution in [3.8, 4) is 5.75 Å². The third-order valence-electron chi connectivity index (χ3n) is 3.58. The topological polar surface area (TPSA) is 32.8 Å². The van der Waals surface area contributed by atoms with Gasteiger partial charge in [0.25, 0.3) is 0 Å². The summed E-state index contributed by atoms with van der Waals surface area (Å²) in [6.45, 7) is 6.52. The molecule has 1 aliphatic rings. The van der Waals surface area contributed by atoms with Gasteiger partial charge < -0.3 is 9.64 Å². The molecule has 1 saturated heterocycles. The second kappa shape index (κ2) is 6.57. The van der Waals surface area contributed by atoms with Crippen LogP contribution in [0, 0.1) is 0 Å². The molecular weight excluding hydrogens is 240 g/mol. The van der Waals surface area contributed by atoms with Gasteiger partial charge in [0.15, 0.2) is 0 Å². The zero-order valence-corrected chi connectivity index (χ0v) is 11.8. The minimum atomic E-state index is 0.271. The SMILES string of the molecule is COc1ccccc1N1CCN(CCC(C)=O)CC1. The van der Waals surface area contributed by atoms with Crippen LogP contribution in [0.3, 0.4) is 0 Å². The van der Waals surface area contributed by atoms with Crippen LogP contribution in [-0.2, 0) is 4.79 Å². The van der Waals surface area contributed by atoms with Gasteiger partial charge in [0.05, 0.1) is 12.8 Å². The summed E-state index contributed by atoms with van der Waals surface area (Å²) >= 11 is 0. The van der Waals surface area contributed by atoms with Gasteiger partial charge in [-0.1, -0.05) is 12.1 Å². The van der Waals surface area contributed by atoms with Gasteiger partial charge >= 0.3 is 0 Å².